The molecule has 0 spiro atoms. The summed E-state index contributed by atoms with van der Waals surface area (Å²) in [7, 11) is 3.22. The van der Waals surface area contributed by atoms with Crippen molar-refractivity contribution in [2.45, 2.75) is 31.3 Å². The highest BCUT2D eigenvalue weighted by molar-refractivity contribution is 5.83. The number of aliphatic hydroxyl groups excluding tert-OH is 1. The molecule has 0 fully saturated rings. The molecule has 166 valence electrons. The normalized spacial score (nSPS) is 16.4. The van der Waals surface area contributed by atoms with Gasteiger partial charge in [0.15, 0.2) is 11.5 Å². The maximum atomic E-state index is 13.4. The van der Waals surface area contributed by atoms with Gasteiger partial charge >= 0.3 is 0 Å². The molecule has 0 saturated carbocycles. The Bertz CT molecular complexity index is 1050. The Kier molecular flexibility index (Phi) is 6.76. The van der Waals surface area contributed by atoms with Gasteiger partial charge in [-0.1, -0.05) is 60.7 Å². The highest BCUT2D eigenvalue weighted by Crippen LogP contribution is 2.43. The van der Waals surface area contributed by atoms with Crippen molar-refractivity contribution in [3.63, 3.8) is 0 Å². The van der Waals surface area contributed by atoms with Gasteiger partial charge in [-0.15, -0.1) is 0 Å². The highest BCUT2D eigenvalue weighted by Gasteiger charge is 2.38. The van der Waals surface area contributed by atoms with Gasteiger partial charge in [0.05, 0.1) is 39.3 Å². The molecule has 0 unspecified atom stereocenters. The molecule has 3 aromatic carbocycles. The van der Waals surface area contributed by atoms with Crippen LogP contribution in [0, 0.1) is 0 Å². The van der Waals surface area contributed by atoms with Crippen molar-refractivity contribution in [1.82, 2.24) is 4.90 Å². The summed E-state index contributed by atoms with van der Waals surface area (Å²) in [6.45, 7) is -0.139. The summed E-state index contributed by atoms with van der Waals surface area (Å²) in [6, 6.07) is 23.3. The second kappa shape index (κ2) is 9.88. The molecule has 32 heavy (non-hydrogen) atoms. The molecule has 4 rings (SSSR count). The molecule has 5 nitrogen and oxygen atoms in total. The van der Waals surface area contributed by atoms with Gasteiger partial charge in [0, 0.05) is 0 Å². The number of hydrogen-bond acceptors (Lipinski definition) is 4. The SMILES string of the molecule is COc1cc2c(cc1OC)[C@H](CCc1ccccc1)N([C@@H](CO)c1ccccc1)C(=O)C2. The summed E-state index contributed by atoms with van der Waals surface area (Å²) in [4.78, 5) is 15.3. The van der Waals surface area contributed by atoms with E-state index in [1.165, 1.54) is 5.56 Å². The molecule has 1 aliphatic heterocycles. The number of carbonyl (C=O) groups excluding carboxylic acids is 1. The molecule has 1 amide bonds. The lowest BCUT2D eigenvalue weighted by atomic mass is 9.86. The van der Waals surface area contributed by atoms with Gasteiger partial charge in [0.2, 0.25) is 5.91 Å². The zero-order chi connectivity index (χ0) is 22.5. The van der Waals surface area contributed by atoms with E-state index in [-0.39, 0.29) is 25.0 Å². The van der Waals surface area contributed by atoms with Crippen molar-refractivity contribution in [3.8, 4) is 11.5 Å². The Hall–Kier alpha value is -3.31. The molecule has 0 bridgehead atoms. The zero-order valence-electron chi connectivity index (χ0n) is 18.5. The number of amides is 1. The number of rotatable bonds is 8. The fraction of sp³-hybridized carbons (Fsp3) is 0.296. The van der Waals surface area contributed by atoms with E-state index in [1.54, 1.807) is 14.2 Å². The first kappa shape index (κ1) is 21.9. The first-order chi connectivity index (χ1) is 15.7. The van der Waals surface area contributed by atoms with E-state index in [2.05, 4.69) is 12.1 Å². The molecule has 3 aromatic rings. The van der Waals surface area contributed by atoms with Gasteiger partial charge < -0.3 is 19.5 Å². The highest BCUT2D eigenvalue weighted by atomic mass is 16.5. The maximum Gasteiger partial charge on any atom is 0.228 e. The number of carbonyl (C=O) groups is 1. The number of hydrogen-bond donors (Lipinski definition) is 1. The van der Waals surface area contributed by atoms with Gasteiger partial charge in [-0.25, -0.2) is 0 Å². The van der Waals surface area contributed by atoms with Gasteiger partial charge in [0.25, 0.3) is 0 Å². The summed E-state index contributed by atoms with van der Waals surface area (Å²) < 4.78 is 11.0. The van der Waals surface area contributed by atoms with Crippen LogP contribution in [0.1, 0.15) is 40.8 Å². The third-order valence-electron chi connectivity index (χ3n) is 6.21. The van der Waals surface area contributed by atoms with Crippen LogP contribution in [0.4, 0.5) is 0 Å². The van der Waals surface area contributed by atoms with E-state index in [1.807, 2.05) is 65.6 Å². The van der Waals surface area contributed by atoms with E-state index in [0.717, 1.165) is 29.5 Å². The van der Waals surface area contributed by atoms with Crippen molar-refractivity contribution in [1.29, 1.82) is 0 Å². The van der Waals surface area contributed by atoms with Gasteiger partial charge in [-0.2, -0.15) is 0 Å². The Morgan fingerprint density at radius 1 is 0.969 bits per heavy atom. The van der Waals surface area contributed by atoms with Crippen molar-refractivity contribution >= 4 is 5.91 Å². The van der Waals surface area contributed by atoms with E-state index >= 15 is 0 Å². The number of aliphatic hydroxyl groups is 1. The van der Waals surface area contributed by atoms with Crippen LogP contribution in [-0.2, 0) is 17.6 Å². The van der Waals surface area contributed by atoms with Crippen molar-refractivity contribution in [2.75, 3.05) is 20.8 Å². The fourth-order valence-corrected chi connectivity index (χ4v) is 4.64. The molecular weight excluding hydrogens is 402 g/mol. The first-order valence-electron chi connectivity index (χ1n) is 10.9. The number of ether oxygens (including phenoxy) is 2. The van der Waals surface area contributed by atoms with Crippen molar-refractivity contribution in [3.05, 3.63) is 95.1 Å². The molecule has 1 N–H and O–H groups in total. The Morgan fingerprint density at radius 3 is 2.22 bits per heavy atom. The third-order valence-corrected chi connectivity index (χ3v) is 6.21. The predicted octanol–water partition coefficient (Wildman–Crippen LogP) is 4.50. The standard InChI is InChI=1S/C27H29NO4/c1-31-25-15-21-16-27(30)28(24(18-29)20-11-7-4-8-12-20)23(22(21)17-26(25)32-2)14-13-19-9-5-3-6-10-19/h3-12,15,17,23-24,29H,13-14,16,18H2,1-2H3/t23-,24-/m0/s1. The predicted molar refractivity (Wildman–Crippen MR) is 124 cm³/mol. The lowest BCUT2D eigenvalue weighted by molar-refractivity contribution is -0.138. The minimum Gasteiger partial charge on any atom is -0.493 e. The summed E-state index contributed by atoms with van der Waals surface area (Å²) >= 11 is 0. The first-order valence-corrected chi connectivity index (χ1v) is 10.9. The smallest absolute Gasteiger partial charge is 0.228 e. The van der Waals surface area contributed by atoms with E-state index in [0.29, 0.717) is 11.5 Å². The van der Waals surface area contributed by atoms with Crippen molar-refractivity contribution in [2.24, 2.45) is 0 Å². The van der Waals surface area contributed by atoms with Crippen LogP contribution in [0.15, 0.2) is 72.8 Å². The van der Waals surface area contributed by atoms with Crippen LogP contribution in [0.5, 0.6) is 11.5 Å². The maximum absolute atomic E-state index is 13.4. The van der Waals surface area contributed by atoms with Crippen molar-refractivity contribution < 1.29 is 19.4 Å². The number of methoxy groups -OCH3 is 2. The average molecular weight is 432 g/mol. The zero-order valence-corrected chi connectivity index (χ0v) is 18.5. The van der Waals surface area contributed by atoms with E-state index in [9.17, 15) is 9.90 Å². The van der Waals surface area contributed by atoms with Crippen LogP contribution in [-0.4, -0.2) is 36.7 Å². The van der Waals surface area contributed by atoms with Gasteiger partial charge in [0.1, 0.15) is 0 Å². The number of fused-ring (bicyclic) bond motifs is 1. The molecule has 0 saturated heterocycles. The molecule has 2 atom stereocenters. The molecule has 0 aliphatic carbocycles. The Balaban J connectivity index is 1.78. The molecule has 0 aromatic heterocycles. The van der Waals surface area contributed by atoms with Crippen LogP contribution in [0.3, 0.4) is 0 Å². The van der Waals surface area contributed by atoms with Gasteiger partial charge in [-0.3, -0.25) is 4.79 Å². The summed E-state index contributed by atoms with van der Waals surface area (Å²) in [5.41, 5.74) is 4.14. The van der Waals surface area contributed by atoms with Crippen LogP contribution in [0.2, 0.25) is 0 Å². The molecule has 1 aliphatic rings. The van der Waals surface area contributed by atoms with E-state index in [4.69, 9.17) is 9.47 Å². The summed E-state index contributed by atoms with van der Waals surface area (Å²) in [5, 5.41) is 10.3. The average Bonchev–Trinajstić information content (AvgIpc) is 2.84. The molecular formula is C27H29NO4. The number of benzene rings is 3. The number of nitrogens with zero attached hydrogens (tertiary/aromatic N) is 1. The molecule has 5 heteroatoms. The topological polar surface area (TPSA) is 59.0 Å². The summed E-state index contributed by atoms with van der Waals surface area (Å²) in [5.74, 6) is 1.27. The lowest BCUT2D eigenvalue weighted by Gasteiger charge is -2.42. The largest absolute Gasteiger partial charge is 0.493 e. The third kappa shape index (κ3) is 4.34. The van der Waals surface area contributed by atoms with E-state index < -0.39 is 6.04 Å². The Morgan fingerprint density at radius 2 is 1.59 bits per heavy atom. The minimum atomic E-state index is -0.411. The number of aryl methyl sites for hydroxylation is 1. The molecule has 1 heterocycles. The van der Waals surface area contributed by atoms with Gasteiger partial charge in [-0.05, 0) is 47.2 Å². The fourth-order valence-electron chi connectivity index (χ4n) is 4.64. The minimum absolute atomic E-state index is 0.00526. The second-order valence-electron chi connectivity index (χ2n) is 8.03. The second-order valence-corrected chi connectivity index (χ2v) is 8.03. The quantitative estimate of drug-likeness (QED) is 0.571. The van der Waals surface area contributed by atoms with Crippen LogP contribution < -0.4 is 9.47 Å². The monoisotopic (exact) mass is 431 g/mol. The lowest BCUT2D eigenvalue weighted by Crippen LogP contribution is -2.44. The van der Waals surface area contributed by atoms with Crippen LogP contribution >= 0.6 is 0 Å². The summed E-state index contributed by atoms with van der Waals surface area (Å²) in [6.07, 6.45) is 1.82. The Labute approximate surface area is 189 Å². The van der Waals surface area contributed by atoms with Crippen LogP contribution in [0.25, 0.3) is 0 Å². The molecule has 0 radical (unpaired) electrons.